The molecule has 118 valence electrons. The maximum atomic E-state index is 12.0. The smallest absolute Gasteiger partial charge is 0.408 e. The second-order valence-electron chi connectivity index (χ2n) is 6.59. The van der Waals surface area contributed by atoms with Gasteiger partial charge in [-0.05, 0) is 45.2 Å². The summed E-state index contributed by atoms with van der Waals surface area (Å²) in [6.07, 6.45) is 0.109. The first-order valence-corrected chi connectivity index (χ1v) is 7.19. The Labute approximate surface area is 130 Å². The first kappa shape index (κ1) is 16.1. The van der Waals surface area contributed by atoms with Crippen LogP contribution in [0.25, 0.3) is 10.9 Å². The minimum Gasteiger partial charge on any atom is -0.444 e. The second-order valence-corrected chi connectivity index (χ2v) is 6.59. The number of carbonyl (C=O) groups is 2. The van der Waals surface area contributed by atoms with Gasteiger partial charge in [0.05, 0.1) is 5.69 Å². The standard InChI is InChI=1S/C17H22N2O3/c1-16(2,3)22-15(21)18-17(4,11-20)14-10-12-8-6-7-9-13(12)19(14)5/h6-11H,1-5H3,(H,18,21). The molecule has 5 heteroatoms. The van der Waals surface area contributed by atoms with Crippen molar-refractivity contribution in [2.24, 2.45) is 7.05 Å². The number of aryl methyl sites for hydroxylation is 1. The molecule has 2 aromatic rings. The van der Waals surface area contributed by atoms with Crippen LogP contribution in [-0.4, -0.2) is 22.5 Å². The number of ether oxygens (including phenoxy) is 1. The summed E-state index contributed by atoms with van der Waals surface area (Å²) in [7, 11) is 1.87. The molecular formula is C17H22N2O3. The van der Waals surface area contributed by atoms with Crippen LogP contribution < -0.4 is 5.32 Å². The summed E-state index contributed by atoms with van der Waals surface area (Å²) in [5.41, 5.74) is -0.0748. The summed E-state index contributed by atoms with van der Waals surface area (Å²) in [6.45, 7) is 7.00. The van der Waals surface area contributed by atoms with Crippen LogP contribution in [0.1, 0.15) is 33.4 Å². The largest absolute Gasteiger partial charge is 0.444 e. The van der Waals surface area contributed by atoms with Crippen LogP contribution in [0.5, 0.6) is 0 Å². The maximum absolute atomic E-state index is 12.0. The zero-order chi connectivity index (χ0) is 16.5. The highest BCUT2D eigenvalue weighted by atomic mass is 16.6. The van der Waals surface area contributed by atoms with Crippen LogP contribution in [0, 0.1) is 0 Å². The van der Waals surface area contributed by atoms with Gasteiger partial charge in [0.15, 0.2) is 6.29 Å². The van der Waals surface area contributed by atoms with E-state index >= 15 is 0 Å². The Morgan fingerprint density at radius 1 is 1.23 bits per heavy atom. The van der Waals surface area contributed by atoms with E-state index in [1.54, 1.807) is 27.7 Å². The Hall–Kier alpha value is -2.30. The molecule has 1 heterocycles. The van der Waals surface area contributed by atoms with Gasteiger partial charge in [-0.25, -0.2) is 4.79 Å². The van der Waals surface area contributed by atoms with Crippen molar-refractivity contribution in [3.05, 3.63) is 36.0 Å². The van der Waals surface area contributed by atoms with E-state index in [1.807, 2.05) is 41.9 Å². The van der Waals surface area contributed by atoms with Crippen molar-refractivity contribution < 1.29 is 14.3 Å². The van der Waals surface area contributed by atoms with Gasteiger partial charge in [0.1, 0.15) is 11.1 Å². The van der Waals surface area contributed by atoms with Gasteiger partial charge in [0, 0.05) is 12.6 Å². The monoisotopic (exact) mass is 302 g/mol. The third-order valence-electron chi connectivity index (χ3n) is 3.48. The molecule has 0 aliphatic rings. The molecule has 0 saturated carbocycles. The third-order valence-corrected chi connectivity index (χ3v) is 3.48. The first-order chi connectivity index (χ1) is 10.2. The van der Waals surface area contributed by atoms with Crippen molar-refractivity contribution >= 4 is 23.3 Å². The van der Waals surface area contributed by atoms with Crippen molar-refractivity contribution in [3.63, 3.8) is 0 Å². The summed E-state index contributed by atoms with van der Waals surface area (Å²) in [6, 6.07) is 9.72. The summed E-state index contributed by atoms with van der Waals surface area (Å²) >= 11 is 0. The number of alkyl carbamates (subject to hydrolysis) is 1. The number of aromatic nitrogens is 1. The fourth-order valence-electron chi connectivity index (χ4n) is 2.46. The van der Waals surface area contributed by atoms with Crippen molar-refractivity contribution in [2.75, 3.05) is 0 Å². The SMILES string of the molecule is Cn1c(C(C)(C=O)NC(=O)OC(C)(C)C)cc2ccccc21. The van der Waals surface area contributed by atoms with E-state index in [1.165, 1.54) is 0 Å². The first-order valence-electron chi connectivity index (χ1n) is 7.19. The zero-order valence-corrected chi connectivity index (χ0v) is 13.6. The van der Waals surface area contributed by atoms with Gasteiger partial charge in [-0.2, -0.15) is 0 Å². The number of carbonyl (C=O) groups excluding carboxylic acids is 2. The fourth-order valence-corrected chi connectivity index (χ4v) is 2.46. The number of rotatable bonds is 3. The van der Waals surface area contributed by atoms with Gasteiger partial charge >= 0.3 is 6.09 Å². The molecule has 22 heavy (non-hydrogen) atoms. The highest BCUT2D eigenvalue weighted by Crippen LogP contribution is 2.26. The molecule has 0 fully saturated rings. The Morgan fingerprint density at radius 2 is 1.86 bits per heavy atom. The number of hydrogen-bond acceptors (Lipinski definition) is 3. The summed E-state index contributed by atoms with van der Waals surface area (Å²) in [5.74, 6) is 0. The van der Waals surface area contributed by atoms with Crippen LogP contribution >= 0.6 is 0 Å². The summed E-state index contributed by atoms with van der Waals surface area (Å²) in [5, 5.41) is 3.68. The number of nitrogens with zero attached hydrogens (tertiary/aromatic N) is 1. The average Bonchev–Trinajstić information content (AvgIpc) is 2.75. The second kappa shape index (κ2) is 5.48. The van der Waals surface area contributed by atoms with Crippen molar-refractivity contribution in [2.45, 2.75) is 38.8 Å². The number of benzene rings is 1. The number of aldehydes is 1. The van der Waals surface area contributed by atoms with Gasteiger partial charge in [-0.3, -0.25) is 0 Å². The molecule has 1 atom stereocenters. The van der Waals surface area contributed by atoms with Crippen LogP contribution in [0.2, 0.25) is 0 Å². The molecule has 0 spiro atoms. The van der Waals surface area contributed by atoms with Gasteiger partial charge in [-0.15, -0.1) is 0 Å². The minimum absolute atomic E-state index is 0.618. The lowest BCUT2D eigenvalue weighted by Crippen LogP contribution is -2.47. The molecule has 1 unspecified atom stereocenters. The van der Waals surface area contributed by atoms with Gasteiger partial charge in [0.2, 0.25) is 0 Å². The van der Waals surface area contributed by atoms with E-state index in [4.69, 9.17) is 4.74 Å². The van der Waals surface area contributed by atoms with E-state index in [0.717, 1.165) is 17.2 Å². The minimum atomic E-state index is -1.16. The van der Waals surface area contributed by atoms with Crippen molar-refractivity contribution in [1.82, 2.24) is 9.88 Å². The van der Waals surface area contributed by atoms with E-state index in [0.29, 0.717) is 5.69 Å². The fraction of sp³-hybridized carbons (Fsp3) is 0.412. The average molecular weight is 302 g/mol. The number of amides is 1. The Bertz CT molecular complexity index is 712. The normalized spacial score (nSPS) is 14.4. The highest BCUT2D eigenvalue weighted by molar-refractivity contribution is 5.85. The molecule has 2 rings (SSSR count). The Morgan fingerprint density at radius 3 is 2.41 bits per heavy atom. The molecule has 5 nitrogen and oxygen atoms in total. The summed E-state index contributed by atoms with van der Waals surface area (Å²) < 4.78 is 7.16. The van der Waals surface area contributed by atoms with E-state index in [9.17, 15) is 9.59 Å². The van der Waals surface area contributed by atoms with Crippen LogP contribution in [0.15, 0.2) is 30.3 Å². The molecular weight excluding hydrogens is 280 g/mol. The lowest BCUT2D eigenvalue weighted by atomic mass is 10.00. The third kappa shape index (κ3) is 3.13. The molecule has 1 aromatic carbocycles. The van der Waals surface area contributed by atoms with Gasteiger partial charge < -0.3 is 19.4 Å². The summed E-state index contributed by atoms with van der Waals surface area (Å²) in [4.78, 5) is 23.7. The van der Waals surface area contributed by atoms with Gasteiger partial charge in [-0.1, -0.05) is 18.2 Å². The molecule has 1 amide bonds. The molecule has 0 saturated heterocycles. The van der Waals surface area contributed by atoms with Crippen LogP contribution in [0.3, 0.4) is 0 Å². The lowest BCUT2D eigenvalue weighted by molar-refractivity contribution is -0.113. The number of fused-ring (bicyclic) bond motifs is 1. The Kier molecular flexibility index (Phi) is 4.00. The van der Waals surface area contributed by atoms with E-state index < -0.39 is 17.2 Å². The Balaban J connectivity index is 2.38. The number of nitrogens with one attached hydrogen (secondary N) is 1. The predicted molar refractivity (Wildman–Crippen MR) is 85.7 cm³/mol. The predicted octanol–water partition coefficient (Wildman–Crippen LogP) is 3.12. The molecule has 1 aromatic heterocycles. The van der Waals surface area contributed by atoms with Crippen LogP contribution in [-0.2, 0) is 22.1 Å². The highest BCUT2D eigenvalue weighted by Gasteiger charge is 2.33. The molecule has 0 aliphatic carbocycles. The van der Waals surface area contributed by atoms with Gasteiger partial charge in [0.25, 0.3) is 0 Å². The molecule has 1 N–H and O–H groups in total. The maximum Gasteiger partial charge on any atom is 0.408 e. The van der Waals surface area contributed by atoms with E-state index in [2.05, 4.69) is 5.32 Å². The van der Waals surface area contributed by atoms with Crippen molar-refractivity contribution in [1.29, 1.82) is 0 Å². The van der Waals surface area contributed by atoms with E-state index in [-0.39, 0.29) is 0 Å². The quantitative estimate of drug-likeness (QED) is 0.886. The zero-order valence-electron chi connectivity index (χ0n) is 13.6. The topological polar surface area (TPSA) is 60.3 Å². The number of hydrogen-bond donors (Lipinski definition) is 1. The lowest BCUT2D eigenvalue weighted by Gasteiger charge is -2.28. The molecule has 0 bridgehead atoms. The van der Waals surface area contributed by atoms with Crippen LogP contribution in [0.4, 0.5) is 4.79 Å². The number of para-hydroxylation sites is 1. The molecule has 0 aliphatic heterocycles. The van der Waals surface area contributed by atoms with Crippen molar-refractivity contribution in [3.8, 4) is 0 Å². The molecule has 0 radical (unpaired) electrons.